The molecule has 3 aliphatic rings. The third-order valence-electron chi connectivity index (χ3n) is 4.71. The summed E-state index contributed by atoms with van der Waals surface area (Å²) < 4.78 is 0. The molecule has 94 valence electrons. The van der Waals surface area contributed by atoms with Gasteiger partial charge >= 0.3 is 0 Å². The Bertz CT molecular complexity index is 252. The van der Waals surface area contributed by atoms with Crippen molar-refractivity contribution in [3.8, 4) is 0 Å². The molecule has 0 aromatic rings. The van der Waals surface area contributed by atoms with E-state index >= 15 is 0 Å². The van der Waals surface area contributed by atoms with E-state index in [-0.39, 0.29) is 0 Å². The fourth-order valence-corrected chi connectivity index (χ4v) is 3.33. The zero-order valence-corrected chi connectivity index (χ0v) is 11.9. The number of nitrogens with zero attached hydrogens (tertiary/aromatic N) is 2. The molecule has 3 heterocycles. The van der Waals surface area contributed by atoms with Crippen molar-refractivity contribution in [1.82, 2.24) is 9.80 Å². The van der Waals surface area contributed by atoms with Crippen LogP contribution >= 0.6 is 0 Å². The molecule has 2 bridgehead atoms. The molecule has 0 aromatic heterocycles. The normalized spacial score (nSPS) is 32.6. The van der Waals surface area contributed by atoms with Gasteiger partial charge in [-0.05, 0) is 47.5 Å². The Balaban J connectivity index is 2.03. The van der Waals surface area contributed by atoms with Crippen LogP contribution in [-0.2, 0) is 0 Å². The Kier molecular flexibility index (Phi) is 2.87. The minimum Gasteiger partial charge on any atom is -0.295 e. The third-order valence-corrected chi connectivity index (χ3v) is 4.71. The summed E-state index contributed by atoms with van der Waals surface area (Å²) in [5.74, 6) is 0. The smallest absolute Gasteiger partial charge is 0.0247 e. The topological polar surface area (TPSA) is 6.48 Å². The number of fused-ring (bicyclic) bond motifs is 2. The Labute approximate surface area is 101 Å². The summed E-state index contributed by atoms with van der Waals surface area (Å²) in [6, 6.07) is 1.63. The Morgan fingerprint density at radius 3 is 1.88 bits per heavy atom. The summed E-state index contributed by atoms with van der Waals surface area (Å²) in [5.41, 5.74) is 0.747. The molecule has 2 heteroatoms. The Morgan fingerprint density at radius 1 is 1.00 bits per heavy atom. The second-order valence-corrected chi connectivity index (χ2v) is 7.19. The van der Waals surface area contributed by atoms with E-state index in [4.69, 9.17) is 0 Å². The molecule has 0 saturated carbocycles. The first-order valence-corrected chi connectivity index (χ1v) is 6.79. The summed E-state index contributed by atoms with van der Waals surface area (Å²) in [7, 11) is 0. The summed E-state index contributed by atoms with van der Waals surface area (Å²) in [6.45, 7) is 16.7. The molecule has 0 aliphatic carbocycles. The van der Waals surface area contributed by atoms with Crippen molar-refractivity contribution >= 4 is 0 Å². The van der Waals surface area contributed by atoms with E-state index < -0.39 is 0 Å². The maximum absolute atomic E-state index is 2.77. The van der Waals surface area contributed by atoms with Crippen LogP contribution in [-0.4, -0.2) is 46.1 Å². The van der Waals surface area contributed by atoms with Crippen LogP contribution in [0, 0.1) is 0 Å². The van der Waals surface area contributed by atoms with E-state index in [1.54, 1.807) is 0 Å². The first kappa shape index (κ1) is 12.4. The SMILES string of the molecule is CCC(C)(C)N1C2CC1CN(C(C)(C)C)C2. The van der Waals surface area contributed by atoms with E-state index in [0.29, 0.717) is 11.1 Å². The van der Waals surface area contributed by atoms with Gasteiger partial charge in [0.05, 0.1) is 0 Å². The van der Waals surface area contributed by atoms with Crippen molar-refractivity contribution in [3.63, 3.8) is 0 Å². The molecule has 16 heavy (non-hydrogen) atoms. The number of piperidine rings is 1. The second kappa shape index (κ2) is 3.71. The van der Waals surface area contributed by atoms with Crippen molar-refractivity contribution in [2.24, 2.45) is 0 Å². The third kappa shape index (κ3) is 1.91. The molecule has 3 rings (SSSR count). The molecule has 0 amide bonds. The van der Waals surface area contributed by atoms with Crippen LogP contribution < -0.4 is 0 Å². The van der Waals surface area contributed by atoms with Gasteiger partial charge in [-0.2, -0.15) is 0 Å². The predicted molar refractivity (Wildman–Crippen MR) is 69.7 cm³/mol. The van der Waals surface area contributed by atoms with Crippen molar-refractivity contribution < 1.29 is 0 Å². The molecule has 3 aliphatic heterocycles. The lowest BCUT2D eigenvalue weighted by Gasteiger charge is -2.64. The molecule has 2 nitrogen and oxygen atoms in total. The van der Waals surface area contributed by atoms with Crippen LogP contribution in [0.4, 0.5) is 0 Å². The highest BCUT2D eigenvalue weighted by Gasteiger charge is 2.51. The molecule has 0 aromatic carbocycles. The monoisotopic (exact) mass is 224 g/mol. The van der Waals surface area contributed by atoms with Crippen LogP contribution in [0.2, 0.25) is 0 Å². The zero-order chi connectivity index (χ0) is 12.1. The minimum absolute atomic E-state index is 0.347. The maximum Gasteiger partial charge on any atom is 0.0247 e. The molecule has 0 N–H and O–H groups in total. The Morgan fingerprint density at radius 2 is 1.50 bits per heavy atom. The predicted octanol–water partition coefficient (Wildman–Crippen LogP) is 2.73. The van der Waals surface area contributed by atoms with Crippen LogP contribution in [0.5, 0.6) is 0 Å². The van der Waals surface area contributed by atoms with Gasteiger partial charge in [0.25, 0.3) is 0 Å². The number of piperazine rings is 1. The molecule has 2 unspecified atom stereocenters. The lowest BCUT2D eigenvalue weighted by atomic mass is 9.79. The highest BCUT2D eigenvalue weighted by Crippen LogP contribution is 2.41. The van der Waals surface area contributed by atoms with Gasteiger partial charge in [0.1, 0.15) is 0 Å². The van der Waals surface area contributed by atoms with E-state index in [0.717, 1.165) is 12.1 Å². The van der Waals surface area contributed by atoms with E-state index in [1.165, 1.54) is 25.9 Å². The molecular formula is C14H28N2. The molecular weight excluding hydrogens is 196 g/mol. The Hall–Kier alpha value is -0.0800. The van der Waals surface area contributed by atoms with Crippen LogP contribution in [0.25, 0.3) is 0 Å². The average Bonchev–Trinajstić information content (AvgIpc) is 2.16. The summed E-state index contributed by atoms with van der Waals surface area (Å²) >= 11 is 0. The van der Waals surface area contributed by atoms with Crippen molar-refractivity contribution in [2.45, 2.75) is 77.5 Å². The van der Waals surface area contributed by atoms with Crippen molar-refractivity contribution in [2.75, 3.05) is 13.1 Å². The summed E-state index contributed by atoms with van der Waals surface area (Å²) in [4.78, 5) is 5.43. The summed E-state index contributed by atoms with van der Waals surface area (Å²) in [6.07, 6.45) is 2.69. The second-order valence-electron chi connectivity index (χ2n) is 7.19. The van der Waals surface area contributed by atoms with Crippen LogP contribution in [0.3, 0.4) is 0 Å². The standard InChI is InChI=1S/C14H28N2/c1-7-14(5,6)16-11-8-12(16)10-15(9-11)13(2,3)4/h11-12H,7-10H2,1-6H3. The van der Waals surface area contributed by atoms with Crippen LogP contribution in [0.1, 0.15) is 54.4 Å². The first-order valence-electron chi connectivity index (χ1n) is 6.79. The lowest BCUT2D eigenvalue weighted by Crippen LogP contribution is -2.75. The van der Waals surface area contributed by atoms with Gasteiger partial charge in [0.2, 0.25) is 0 Å². The van der Waals surface area contributed by atoms with Gasteiger partial charge in [0, 0.05) is 36.3 Å². The molecule has 3 fully saturated rings. The van der Waals surface area contributed by atoms with Crippen LogP contribution in [0.15, 0.2) is 0 Å². The summed E-state index contributed by atoms with van der Waals surface area (Å²) in [5, 5.41) is 0. The van der Waals surface area contributed by atoms with E-state index in [1.807, 2.05) is 0 Å². The highest BCUT2D eigenvalue weighted by atomic mass is 15.4. The van der Waals surface area contributed by atoms with E-state index in [2.05, 4.69) is 51.3 Å². The number of rotatable bonds is 2. The molecule has 0 spiro atoms. The number of hydrogen-bond acceptors (Lipinski definition) is 2. The van der Waals surface area contributed by atoms with E-state index in [9.17, 15) is 0 Å². The largest absolute Gasteiger partial charge is 0.295 e. The molecule has 2 atom stereocenters. The van der Waals surface area contributed by atoms with Gasteiger partial charge < -0.3 is 0 Å². The molecule has 0 radical (unpaired) electrons. The van der Waals surface area contributed by atoms with Gasteiger partial charge in [-0.3, -0.25) is 9.80 Å². The van der Waals surface area contributed by atoms with Crippen molar-refractivity contribution in [1.29, 1.82) is 0 Å². The van der Waals surface area contributed by atoms with Gasteiger partial charge in [-0.15, -0.1) is 0 Å². The average molecular weight is 224 g/mol. The maximum atomic E-state index is 2.77. The first-order chi connectivity index (χ1) is 7.25. The number of hydrogen-bond donors (Lipinski definition) is 0. The fourth-order valence-electron chi connectivity index (χ4n) is 3.33. The highest BCUT2D eigenvalue weighted by molar-refractivity contribution is 5.07. The lowest BCUT2D eigenvalue weighted by molar-refractivity contribution is -0.142. The van der Waals surface area contributed by atoms with Crippen molar-refractivity contribution in [3.05, 3.63) is 0 Å². The minimum atomic E-state index is 0.347. The van der Waals surface area contributed by atoms with Gasteiger partial charge in [-0.1, -0.05) is 6.92 Å². The quantitative estimate of drug-likeness (QED) is 0.711. The molecule has 3 saturated heterocycles. The zero-order valence-electron chi connectivity index (χ0n) is 11.9. The fraction of sp³-hybridized carbons (Fsp3) is 1.00. The van der Waals surface area contributed by atoms with Gasteiger partial charge in [0.15, 0.2) is 0 Å². The van der Waals surface area contributed by atoms with Gasteiger partial charge in [-0.25, -0.2) is 0 Å².